The van der Waals surface area contributed by atoms with E-state index >= 15 is 0 Å². The van der Waals surface area contributed by atoms with Gasteiger partial charge in [-0.2, -0.15) is 17.4 Å². The first-order chi connectivity index (χ1) is 11.0. The summed E-state index contributed by atoms with van der Waals surface area (Å²) in [6, 6.07) is -0.196. The minimum atomic E-state index is -3.55. The van der Waals surface area contributed by atoms with Crippen molar-refractivity contribution in [2.24, 2.45) is 17.6 Å². The van der Waals surface area contributed by atoms with Crippen LogP contribution in [0.2, 0.25) is 0 Å². The van der Waals surface area contributed by atoms with E-state index < -0.39 is 10.2 Å². The van der Waals surface area contributed by atoms with E-state index in [0.717, 1.165) is 25.7 Å². The summed E-state index contributed by atoms with van der Waals surface area (Å²) in [6.07, 6.45) is 6.60. The number of piperidine rings is 1. The zero-order chi connectivity index (χ0) is 16.9. The summed E-state index contributed by atoms with van der Waals surface area (Å²) in [5.41, 5.74) is 5.81. The third-order valence-corrected chi connectivity index (χ3v) is 6.75. The highest BCUT2D eigenvalue weighted by Gasteiger charge is 2.34. The molecule has 0 aromatic rings. The van der Waals surface area contributed by atoms with Crippen molar-refractivity contribution in [1.29, 1.82) is 0 Å². The molecule has 2 rings (SSSR count). The molecule has 1 saturated heterocycles. The molecule has 3 N–H and O–H groups in total. The normalized spacial score (nSPS) is 22.6. The molecule has 142 valence electrons. The zero-order valence-corrected chi connectivity index (χ0v) is 15.9. The van der Waals surface area contributed by atoms with Gasteiger partial charge in [-0.3, -0.25) is 4.79 Å². The highest BCUT2D eigenvalue weighted by molar-refractivity contribution is 7.87. The molecule has 1 heterocycles. The minimum absolute atomic E-state index is 0. The Morgan fingerprint density at radius 2 is 1.79 bits per heavy atom. The fourth-order valence-electron chi connectivity index (χ4n) is 3.64. The number of ether oxygens (including phenoxy) is 1. The summed E-state index contributed by atoms with van der Waals surface area (Å²) in [5, 5.41) is 0. The second kappa shape index (κ2) is 9.91. The van der Waals surface area contributed by atoms with Crippen molar-refractivity contribution in [3.05, 3.63) is 0 Å². The molecule has 0 amide bonds. The van der Waals surface area contributed by atoms with Crippen LogP contribution in [0.3, 0.4) is 0 Å². The van der Waals surface area contributed by atoms with Crippen LogP contribution < -0.4 is 10.5 Å². The van der Waals surface area contributed by atoms with Crippen LogP contribution in [0.15, 0.2) is 0 Å². The van der Waals surface area contributed by atoms with Crippen LogP contribution in [0, 0.1) is 11.8 Å². The van der Waals surface area contributed by atoms with Crippen molar-refractivity contribution in [1.82, 2.24) is 9.03 Å². The van der Waals surface area contributed by atoms with Gasteiger partial charge >= 0.3 is 5.97 Å². The Hall–Kier alpha value is -0.410. The van der Waals surface area contributed by atoms with Gasteiger partial charge in [-0.15, -0.1) is 12.4 Å². The average Bonchev–Trinajstić information content (AvgIpc) is 2.60. The van der Waals surface area contributed by atoms with Crippen molar-refractivity contribution >= 4 is 28.6 Å². The number of hydrogen-bond donors (Lipinski definition) is 2. The molecule has 2 fully saturated rings. The van der Waals surface area contributed by atoms with Gasteiger partial charge in [0.05, 0.1) is 13.0 Å². The highest BCUT2D eigenvalue weighted by Crippen LogP contribution is 2.27. The van der Waals surface area contributed by atoms with Crippen molar-refractivity contribution in [2.45, 2.75) is 51.0 Å². The smallest absolute Gasteiger partial charge is 0.308 e. The molecule has 24 heavy (non-hydrogen) atoms. The van der Waals surface area contributed by atoms with E-state index in [4.69, 9.17) is 10.5 Å². The average molecular weight is 384 g/mol. The molecular formula is C15H30ClN3O4S. The highest BCUT2D eigenvalue weighted by atomic mass is 35.5. The first-order valence-corrected chi connectivity index (χ1v) is 9.97. The standard InChI is InChI=1S/C15H29N3O4S.ClH/c1-22-15(19)13-7-9-18(10-8-13)23(20,21)17-14(11-16)12-5-3-2-4-6-12;/h12-14,17H,2-11,16H2,1H3;1H. The van der Waals surface area contributed by atoms with Gasteiger partial charge in [0, 0.05) is 25.7 Å². The van der Waals surface area contributed by atoms with E-state index in [2.05, 4.69) is 4.72 Å². The minimum Gasteiger partial charge on any atom is -0.469 e. The summed E-state index contributed by atoms with van der Waals surface area (Å²) in [7, 11) is -2.18. The number of nitrogens with two attached hydrogens (primary N) is 1. The second-order valence-corrected chi connectivity index (χ2v) is 8.26. The molecule has 0 spiro atoms. The lowest BCUT2D eigenvalue weighted by molar-refractivity contribution is -0.146. The van der Waals surface area contributed by atoms with Crippen LogP contribution >= 0.6 is 12.4 Å². The molecule has 2 aliphatic rings. The molecule has 0 aromatic heterocycles. The van der Waals surface area contributed by atoms with Crippen molar-refractivity contribution in [2.75, 3.05) is 26.7 Å². The first-order valence-electron chi connectivity index (χ1n) is 8.53. The Kier molecular flexibility index (Phi) is 8.94. The maximum Gasteiger partial charge on any atom is 0.308 e. The first kappa shape index (κ1) is 21.6. The Morgan fingerprint density at radius 1 is 1.21 bits per heavy atom. The Morgan fingerprint density at radius 3 is 2.29 bits per heavy atom. The van der Waals surface area contributed by atoms with Gasteiger partial charge in [-0.1, -0.05) is 19.3 Å². The summed E-state index contributed by atoms with van der Waals surface area (Å²) >= 11 is 0. The number of nitrogens with one attached hydrogen (secondary N) is 1. The number of methoxy groups -OCH3 is 1. The monoisotopic (exact) mass is 383 g/mol. The maximum absolute atomic E-state index is 12.6. The number of carbonyl (C=O) groups is 1. The number of nitrogens with zero attached hydrogens (tertiary/aromatic N) is 1. The van der Waals surface area contributed by atoms with Crippen LogP contribution in [0.25, 0.3) is 0 Å². The molecule has 7 nitrogen and oxygen atoms in total. The SMILES string of the molecule is COC(=O)C1CCN(S(=O)(=O)NC(CN)C2CCCCC2)CC1.Cl. The Balaban J connectivity index is 0.00000288. The van der Waals surface area contributed by atoms with Crippen LogP contribution in [-0.4, -0.2) is 51.5 Å². The van der Waals surface area contributed by atoms with Crippen LogP contribution in [0.5, 0.6) is 0 Å². The van der Waals surface area contributed by atoms with Gasteiger partial charge in [0.15, 0.2) is 0 Å². The van der Waals surface area contributed by atoms with Crippen molar-refractivity contribution in [3.63, 3.8) is 0 Å². The summed E-state index contributed by atoms with van der Waals surface area (Å²) in [4.78, 5) is 11.5. The van der Waals surface area contributed by atoms with Crippen molar-refractivity contribution < 1.29 is 17.9 Å². The number of rotatable bonds is 6. The maximum atomic E-state index is 12.6. The molecule has 0 radical (unpaired) electrons. The van der Waals surface area contributed by atoms with Crippen LogP contribution in [-0.2, 0) is 19.7 Å². The van der Waals surface area contributed by atoms with E-state index in [9.17, 15) is 13.2 Å². The van der Waals surface area contributed by atoms with Gasteiger partial charge in [-0.05, 0) is 31.6 Å². The second-order valence-electron chi connectivity index (χ2n) is 6.56. The molecule has 0 bridgehead atoms. The Bertz CT molecular complexity index is 489. The molecule has 1 aliphatic carbocycles. The van der Waals surface area contributed by atoms with Crippen molar-refractivity contribution in [3.8, 4) is 0 Å². The fraction of sp³-hybridized carbons (Fsp3) is 0.933. The molecule has 1 aliphatic heterocycles. The number of esters is 1. The third kappa shape index (κ3) is 5.56. The Labute approximate surface area is 151 Å². The zero-order valence-electron chi connectivity index (χ0n) is 14.3. The molecule has 9 heteroatoms. The molecule has 1 atom stereocenters. The lowest BCUT2D eigenvalue weighted by Gasteiger charge is -2.34. The number of halogens is 1. The fourth-order valence-corrected chi connectivity index (χ4v) is 5.15. The quantitative estimate of drug-likeness (QED) is 0.667. The van der Waals surface area contributed by atoms with E-state index in [1.807, 2.05) is 0 Å². The van der Waals surface area contributed by atoms with Gasteiger partial charge in [0.25, 0.3) is 10.2 Å². The number of hydrogen-bond acceptors (Lipinski definition) is 5. The summed E-state index contributed by atoms with van der Waals surface area (Å²) < 4.78 is 34.1. The largest absolute Gasteiger partial charge is 0.469 e. The van der Waals surface area contributed by atoms with E-state index in [1.165, 1.54) is 17.8 Å². The summed E-state index contributed by atoms with van der Waals surface area (Å²) in [5.74, 6) is -0.122. The van der Waals surface area contributed by atoms with Gasteiger partial charge in [0.2, 0.25) is 0 Å². The van der Waals surface area contributed by atoms with Gasteiger partial charge in [-0.25, -0.2) is 0 Å². The summed E-state index contributed by atoms with van der Waals surface area (Å²) in [6.45, 7) is 1.01. The lowest BCUT2D eigenvalue weighted by Crippen LogP contribution is -2.53. The predicted molar refractivity (Wildman–Crippen MR) is 95.0 cm³/mol. The third-order valence-electron chi connectivity index (χ3n) is 5.10. The van der Waals surface area contributed by atoms with Gasteiger partial charge in [0.1, 0.15) is 0 Å². The topological polar surface area (TPSA) is 102 Å². The van der Waals surface area contributed by atoms with E-state index in [0.29, 0.717) is 38.4 Å². The molecular weight excluding hydrogens is 354 g/mol. The molecule has 0 aromatic carbocycles. The molecule has 1 unspecified atom stereocenters. The molecule has 1 saturated carbocycles. The lowest BCUT2D eigenvalue weighted by atomic mass is 9.84. The predicted octanol–water partition coefficient (Wildman–Crippen LogP) is 1.04. The number of carbonyl (C=O) groups excluding carboxylic acids is 1. The van der Waals surface area contributed by atoms with Gasteiger partial charge < -0.3 is 10.5 Å². The van der Waals surface area contributed by atoms with Crippen LogP contribution in [0.4, 0.5) is 0 Å². The van der Waals surface area contributed by atoms with E-state index in [-0.39, 0.29) is 30.3 Å². The van der Waals surface area contributed by atoms with E-state index in [1.54, 1.807) is 0 Å². The van der Waals surface area contributed by atoms with Crippen LogP contribution in [0.1, 0.15) is 44.9 Å².